The van der Waals surface area contributed by atoms with Gasteiger partial charge in [-0.05, 0) is 52.3 Å². The molecular weight excluding hydrogens is 350 g/mol. The summed E-state index contributed by atoms with van der Waals surface area (Å²) in [4.78, 5) is 11.9. The van der Waals surface area contributed by atoms with Crippen LogP contribution in [0, 0.1) is 0 Å². The van der Waals surface area contributed by atoms with Crippen LogP contribution in [-0.2, 0) is 0 Å². The molecule has 22 heavy (non-hydrogen) atoms. The molecule has 0 unspecified atom stereocenters. The van der Waals surface area contributed by atoms with E-state index in [1.54, 1.807) is 30.3 Å². The van der Waals surface area contributed by atoms with Crippen LogP contribution in [0.4, 0.5) is 5.69 Å². The quantitative estimate of drug-likeness (QED) is 0.441. The number of aromatic hydroxyl groups is 1. The lowest BCUT2D eigenvalue weighted by atomic mass is 10.2. The first-order valence-electron chi connectivity index (χ1n) is 6.26. The third-order valence-corrected chi connectivity index (χ3v) is 3.53. The Balaban J connectivity index is 2.08. The maximum atomic E-state index is 11.9. The van der Waals surface area contributed by atoms with Crippen LogP contribution in [0.5, 0.6) is 11.5 Å². The van der Waals surface area contributed by atoms with Gasteiger partial charge in [0, 0.05) is 21.3 Å². The Labute approximate surface area is 135 Å². The minimum absolute atomic E-state index is 0.0167. The van der Waals surface area contributed by atoms with Crippen molar-refractivity contribution in [2.45, 2.75) is 0 Å². The zero-order valence-electron chi connectivity index (χ0n) is 11.7. The molecule has 0 radical (unpaired) electrons. The fraction of sp³-hybridized carbons (Fsp3) is 0.0667. The average Bonchev–Trinajstić information content (AvgIpc) is 2.50. The van der Waals surface area contributed by atoms with E-state index in [1.807, 2.05) is 0 Å². The lowest BCUT2D eigenvalue weighted by Crippen LogP contribution is -2.17. The van der Waals surface area contributed by atoms with Crippen molar-refractivity contribution in [3.63, 3.8) is 0 Å². The Morgan fingerprint density at radius 1 is 1.36 bits per heavy atom. The summed E-state index contributed by atoms with van der Waals surface area (Å²) in [6, 6.07) is 9.57. The van der Waals surface area contributed by atoms with Gasteiger partial charge in [-0.3, -0.25) is 4.79 Å². The number of methoxy groups -OCH3 is 1. The number of hydrazone groups is 1. The predicted octanol–water partition coefficient (Wildman–Crippen LogP) is 2.51. The normalized spacial score (nSPS) is 10.6. The van der Waals surface area contributed by atoms with Crippen LogP contribution in [0.25, 0.3) is 0 Å². The maximum absolute atomic E-state index is 11.9. The number of carbonyl (C=O) groups excluding carboxylic acids is 1. The number of nitrogens with one attached hydrogen (secondary N) is 1. The molecule has 0 spiro atoms. The molecule has 0 heterocycles. The summed E-state index contributed by atoms with van der Waals surface area (Å²) in [6.07, 6.45) is 1.42. The molecule has 0 saturated heterocycles. The van der Waals surface area contributed by atoms with E-state index in [1.165, 1.54) is 19.4 Å². The lowest BCUT2D eigenvalue weighted by Gasteiger charge is -2.06. The molecule has 1 amide bonds. The highest BCUT2D eigenvalue weighted by Gasteiger charge is 2.07. The molecule has 2 rings (SSSR count). The van der Waals surface area contributed by atoms with Crippen molar-refractivity contribution in [3.05, 3.63) is 52.0 Å². The number of phenols is 1. The van der Waals surface area contributed by atoms with Crippen molar-refractivity contribution in [1.82, 2.24) is 5.43 Å². The van der Waals surface area contributed by atoms with E-state index in [0.29, 0.717) is 27.0 Å². The van der Waals surface area contributed by atoms with Crippen LogP contribution in [0.2, 0.25) is 0 Å². The van der Waals surface area contributed by atoms with E-state index in [-0.39, 0.29) is 11.7 Å². The number of nitrogen functional groups attached to an aromatic ring is 1. The number of amides is 1. The molecule has 0 aromatic heterocycles. The predicted molar refractivity (Wildman–Crippen MR) is 88.3 cm³/mol. The number of halogens is 1. The molecule has 0 atom stereocenters. The van der Waals surface area contributed by atoms with E-state index in [0.717, 1.165) is 0 Å². The molecule has 7 heteroatoms. The summed E-state index contributed by atoms with van der Waals surface area (Å²) < 4.78 is 5.66. The van der Waals surface area contributed by atoms with Gasteiger partial charge in [0.05, 0.1) is 13.3 Å². The monoisotopic (exact) mass is 363 g/mol. The molecular formula is C15H14BrN3O3. The molecule has 0 aliphatic rings. The number of nitrogens with zero attached hydrogens (tertiary/aromatic N) is 1. The van der Waals surface area contributed by atoms with E-state index < -0.39 is 0 Å². The summed E-state index contributed by atoms with van der Waals surface area (Å²) in [7, 11) is 1.46. The third kappa shape index (κ3) is 3.76. The Kier molecular flexibility index (Phi) is 5.00. The van der Waals surface area contributed by atoms with Crippen molar-refractivity contribution >= 4 is 33.7 Å². The minimum Gasteiger partial charge on any atom is -0.504 e. The van der Waals surface area contributed by atoms with Gasteiger partial charge in [0.1, 0.15) is 0 Å². The third-order valence-electron chi connectivity index (χ3n) is 2.84. The van der Waals surface area contributed by atoms with Crippen LogP contribution >= 0.6 is 15.9 Å². The molecule has 2 aromatic carbocycles. The average molecular weight is 364 g/mol. The first-order chi connectivity index (χ1) is 10.5. The number of anilines is 1. The summed E-state index contributed by atoms with van der Waals surface area (Å²) in [5.41, 5.74) is 9.58. The first-order valence-corrected chi connectivity index (χ1v) is 7.06. The molecule has 0 bridgehead atoms. The SMILES string of the molecule is COc1cc(Br)c(/C=N\NC(=O)c2ccc(N)cc2)cc1O. The van der Waals surface area contributed by atoms with Crippen molar-refractivity contribution < 1.29 is 14.6 Å². The second kappa shape index (κ2) is 6.95. The fourth-order valence-corrected chi connectivity index (χ4v) is 2.11. The Morgan fingerprint density at radius 3 is 2.68 bits per heavy atom. The van der Waals surface area contributed by atoms with Gasteiger partial charge >= 0.3 is 0 Å². The molecule has 114 valence electrons. The molecule has 0 aliphatic carbocycles. The van der Waals surface area contributed by atoms with Gasteiger partial charge in [-0.1, -0.05) is 0 Å². The Hall–Kier alpha value is -2.54. The Bertz CT molecular complexity index is 715. The van der Waals surface area contributed by atoms with E-state index in [2.05, 4.69) is 26.5 Å². The zero-order valence-corrected chi connectivity index (χ0v) is 13.3. The molecule has 0 fully saturated rings. The van der Waals surface area contributed by atoms with Crippen LogP contribution in [0.1, 0.15) is 15.9 Å². The lowest BCUT2D eigenvalue weighted by molar-refractivity contribution is 0.0955. The van der Waals surface area contributed by atoms with Crippen molar-refractivity contribution in [3.8, 4) is 11.5 Å². The number of ether oxygens (including phenoxy) is 1. The number of hydrogen-bond donors (Lipinski definition) is 3. The number of carbonyl (C=O) groups is 1. The van der Waals surface area contributed by atoms with Crippen LogP contribution in [0.3, 0.4) is 0 Å². The maximum Gasteiger partial charge on any atom is 0.271 e. The van der Waals surface area contributed by atoms with Crippen LogP contribution < -0.4 is 15.9 Å². The summed E-state index contributed by atoms with van der Waals surface area (Å²) in [5, 5.41) is 13.6. The van der Waals surface area contributed by atoms with E-state index in [9.17, 15) is 9.90 Å². The first kappa shape index (κ1) is 15.8. The summed E-state index contributed by atoms with van der Waals surface area (Å²) >= 11 is 3.33. The van der Waals surface area contributed by atoms with E-state index in [4.69, 9.17) is 10.5 Å². The number of phenolic OH excluding ortho intramolecular Hbond substituents is 1. The highest BCUT2D eigenvalue weighted by molar-refractivity contribution is 9.10. The van der Waals surface area contributed by atoms with Gasteiger partial charge in [-0.2, -0.15) is 5.10 Å². The zero-order chi connectivity index (χ0) is 16.1. The van der Waals surface area contributed by atoms with Crippen LogP contribution in [0.15, 0.2) is 46.0 Å². The van der Waals surface area contributed by atoms with Gasteiger partial charge in [0.15, 0.2) is 11.5 Å². The summed E-state index contributed by atoms with van der Waals surface area (Å²) in [5.74, 6) is -0.0305. The molecule has 6 nitrogen and oxygen atoms in total. The highest BCUT2D eigenvalue weighted by atomic mass is 79.9. The fourth-order valence-electron chi connectivity index (χ4n) is 1.68. The number of rotatable bonds is 4. The minimum atomic E-state index is -0.356. The van der Waals surface area contributed by atoms with Crippen LogP contribution in [-0.4, -0.2) is 24.3 Å². The van der Waals surface area contributed by atoms with Gasteiger partial charge in [0.25, 0.3) is 5.91 Å². The number of benzene rings is 2. The van der Waals surface area contributed by atoms with E-state index >= 15 is 0 Å². The molecule has 0 saturated carbocycles. The second-order valence-electron chi connectivity index (χ2n) is 4.37. The van der Waals surface area contributed by atoms with Gasteiger partial charge in [0.2, 0.25) is 0 Å². The topological polar surface area (TPSA) is 96.9 Å². The molecule has 4 N–H and O–H groups in total. The standard InChI is InChI=1S/C15H14BrN3O3/c1-22-14-7-12(16)10(6-13(14)20)8-18-19-15(21)9-2-4-11(17)5-3-9/h2-8,20H,17H2,1H3,(H,19,21)/b18-8-. The summed E-state index contributed by atoms with van der Waals surface area (Å²) in [6.45, 7) is 0. The van der Waals surface area contributed by atoms with Crippen molar-refractivity contribution in [1.29, 1.82) is 0 Å². The van der Waals surface area contributed by atoms with Gasteiger partial charge in [-0.25, -0.2) is 5.43 Å². The smallest absolute Gasteiger partial charge is 0.271 e. The molecule has 0 aliphatic heterocycles. The second-order valence-corrected chi connectivity index (χ2v) is 5.22. The molecule has 2 aromatic rings. The van der Waals surface area contributed by atoms with Crippen molar-refractivity contribution in [2.75, 3.05) is 12.8 Å². The van der Waals surface area contributed by atoms with Gasteiger partial charge in [-0.15, -0.1) is 0 Å². The largest absolute Gasteiger partial charge is 0.504 e. The number of hydrogen-bond acceptors (Lipinski definition) is 5. The Morgan fingerprint density at radius 2 is 2.05 bits per heavy atom. The highest BCUT2D eigenvalue weighted by Crippen LogP contribution is 2.31. The van der Waals surface area contributed by atoms with Crippen molar-refractivity contribution in [2.24, 2.45) is 5.10 Å². The van der Waals surface area contributed by atoms with Gasteiger partial charge < -0.3 is 15.6 Å². The number of nitrogens with two attached hydrogens (primary N) is 1.